The molecule has 2 aliphatic heterocycles. The van der Waals surface area contributed by atoms with Crippen molar-refractivity contribution in [2.45, 2.75) is 18.9 Å². The van der Waals surface area contributed by atoms with E-state index < -0.39 is 11.5 Å². The third kappa shape index (κ3) is 2.06. The Labute approximate surface area is 115 Å². The summed E-state index contributed by atoms with van der Waals surface area (Å²) in [4.78, 5) is 18.3. The second-order valence-corrected chi connectivity index (χ2v) is 5.75. The fraction of sp³-hybridized carbons (Fsp3) is 0.500. The molecule has 0 saturated heterocycles. The molecule has 2 N–H and O–H groups in total. The van der Waals surface area contributed by atoms with Crippen LogP contribution in [0.4, 0.5) is 0 Å². The van der Waals surface area contributed by atoms with E-state index in [9.17, 15) is 10.1 Å². The third-order valence-corrected chi connectivity index (χ3v) is 4.78. The molecule has 0 aromatic heterocycles. The Bertz CT molecular complexity index is 582. The molecule has 19 heavy (non-hydrogen) atoms. The molecule has 0 aromatic rings. The first-order chi connectivity index (χ1) is 8.92. The van der Waals surface area contributed by atoms with Crippen molar-refractivity contribution in [2.24, 2.45) is 16.6 Å². The van der Waals surface area contributed by atoms with Crippen LogP contribution in [0, 0.1) is 28.6 Å². The Hall–Kier alpha value is -1.99. The zero-order valence-corrected chi connectivity index (χ0v) is 11.5. The van der Waals surface area contributed by atoms with Crippen LogP contribution in [0.2, 0.25) is 0 Å². The minimum absolute atomic E-state index is 0.138. The number of allylic oxidation sites excluding steroid dienone is 1. The number of rotatable bonds is 1. The third-order valence-electron chi connectivity index (χ3n) is 3.33. The fourth-order valence-corrected chi connectivity index (χ4v) is 3.55. The Morgan fingerprint density at radius 3 is 2.79 bits per heavy atom. The van der Waals surface area contributed by atoms with Gasteiger partial charge in [-0.15, -0.1) is 11.8 Å². The maximum atomic E-state index is 11.9. The summed E-state index contributed by atoms with van der Waals surface area (Å²) in [7, 11) is 1.57. The van der Waals surface area contributed by atoms with Crippen molar-refractivity contribution >= 4 is 23.6 Å². The molecule has 0 fully saturated rings. The van der Waals surface area contributed by atoms with E-state index in [-0.39, 0.29) is 18.3 Å². The van der Waals surface area contributed by atoms with Crippen LogP contribution in [0.15, 0.2) is 15.5 Å². The summed E-state index contributed by atoms with van der Waals surface area (Å²) in [5.41, 5.74) is 5.34. The van der Waals surface area contributed by atoms with Crippen LogP contribution >= 0.6 is 11.8 Å². The Morgan fingerprint density at radius 2 is 2.26 bits per heavy atom. The maximum Gasteiger partial charge on any atom is 0.231 e. The van der Waals surface area contributed by atoms with Crippen LogP contribution < -0.4 is 5.73 Å². The van der Waals surface area contributed by atoms with Crippen molar-refractivity contribution in [1.29, 1.82) is 10.5 Å². The minimum Gasteiger partial charge on any atom is -0.369 e. The van der Waals surface area contributed by atoms with Crippen molar-refractivity contribution < 1.29 is 4.79 Å². The second-order valence-electron chi connectivity index (χ2n) is 4.72. The molecule has 2 heterocycles. The summed E-state index contributed by atoms with van der Waals surface area (Å²) in [5, 5.41) is 18.2. The largest absolute Gasteiger partial charge is 0.369 e. The van der Waals surface area contributed by atoms with Gasteiger partial charge >= 0.3 is 0 Å². The van der Waals surface area contributed by atoms with E-state index in [1.54, 1.807) is 14.0 Å². The number of nitrogens with two attached hydrogens (primary N) is 1. The van der Waals surface area contributed by atoms with Gasteiger partial charge in [0.15, 0.2) is 5.96 Å². The molecule has 0 aliphatic carbocycles. The summed E-state index contributed by atoms with van der Waals surface area (Å²) in [5.74, 6) is 0.113. The van der Waals surface area contributed by atoms with E-state index in [2.05, 4.69) is 17.1 Å². The maximum absolute atomic E-state index is 11.9. The molecule has 1 unspecified atom stereocenters. The van der Waals surface area contributed by atoms with Crippen molar-refractivity contribution in [3.8, 4) is 12.1 Å². The number of nitriles is 2. The summed E-state index contributed by atoms with van der Waals surface area (Å²) in [6.45, 7) is 1.78. The number of nitrogens with zero attached hydrogens (tertiary/aromatic N) is 4. The van der Waals surface area contributed by atoms with E-state index >= 15 is 0 Å². The summed E-state index contributed by atoms with van der Waals surface area (Å²) in [6.07, 6.45) is 0.163. The van der Waals surface area contributed by atoms with Gasteiger partial charge in [-0.1, -0.05) is 0 Å². The van der Waals surface area contributed by atoms with Crippen molar-refractivity contribution in [1.82, 2.24) is 4.90 Å². The molecular weight excluding hydrogens is 262 g/mol. The molecule has 98 valence electrons. The highest BCUT2D eigenvalue weighted by Crippen LogP contribution is 2.45. The zero-order valence-electron chi connectivity index (χ0n) is 10.7. The van der Waals surface area contributed by atoms with Gasteiger partial charge in [0.1, 0.15) is 5.54 Å². The average Bonchev–Trinajstić information content (AvgIpc) is 2.79. The Kier molecular flexibility index (Phi) is 3.25. The lowest BCUT2D eigenvalue weighted by Gasteiger charge is -2.34. The highest BCUT2D eigenvalue weighted by Gasteiger charge is 2.43. The predicted molar refractivity (Wildman–Crippen MR) is 71.6 cm³/mol. The monoisotopic (exact) mass is 275 g/mol. The van der Waals surface area contributed by atoms with Gasteiger partial charge in [0.05, 0.1) is 30.1 Å². The molecule has 0 spiro atoms. The van der Waals surface area contributed by atoms with Gasteiger partial charge in [-0.25, -0.2) is 4.99 Å². The Balaban J connectivity index is 2.50. The van der Waals surface area contributed by atoms with Gasteiger partial charge < -0.3 is 5.73 Å². The predicted octanol–water partition coefficient (Wildman–Crippen LogP) is 0.586. The second kappa shape index (κ2) is 4.60. The molecule has 2 rings (SSSR count). The standard InChI is InChI=1S/C12H13N5OS/c1-12(3-9(18)17(2)11(15)16-12)10-8(5-14)7(4-13)6-19-10/h7H,3,6H2,1-2H3,(H2,15,16)/t7?,12-/m0/s1. The SMILES string of the molecule is CN1C(=O)C[C@@](C)(C2=C(C#N)C(C#N)CS2)N=C1N. The molecule has 6 nitrogen and oxygen atoms in total. The van der Waals surface area contributed by atoms with Crippen molar-refractivity contribution in [2.75, 3.05) is 12.8 Å². The lowest BCUT2D eigenvalue weighted by molar-refractivity contribution is -0.128. The molecule has 2 atom stereocenters. The van der Waals surface area contributed by atoms with E-state index in [4.69, 9.17) is 11.0 Å². The van der Waals surface area contributed by atoms with Gasteiger partial charge in [-0.2, -0.15) is 10.5 Å². The highest BCUT2D eigenvalue weighted by molar-refractivity contribution is 8.03. The molecule has 2 aliphatic rings. The number of hydrogen-bond acceptors (Lipinski definition) is 6. The van der Waals surface area contributed by atoms with Crippen molar-refractivity contribution in [3.05, 3.63) is 10.5 Å². The number of hydrogen-bond donors (Lipinski definition) is 1. The molecule has 0 saturated carbocycles. The first kappa shape index (κ1) is 13.4. The van der Waals surface area contributed by atoms with Gasteiger partial charge in [-0.3, -0.25) is 9.69 Å². The normalized spacial score (nSPS) is 30.9. The van der Waals surface area contributed by atoms with Gasteiger partial charge in [0.25, 0.3) is 0 Å². The number of thioether (sulfide) groups is 1. The smallest absolute Gasteiger partial charge is 0.231 e. The zero-order chi connectivity index (χ0) is 14.2. The molecule has 7 heteroatoms. The number of amides is 1. The van der Waals surface area contributed by atoms with Crippen LogP contribution in [-0.2, 0) is 4.79 Å². The topological polar surface area (TPSA) is 106 Å². The first-order valence-corrected chi connectivity index (χ1v) is 6.70. The average molecular weight is 275 g/mol. The minimum atomic E-state index is -0.824. The van der Waals surface area contributed by atoms with Crippen LogP contribution in [0.1, 0.15) is 13.3 Å². The lowest BCUT2D eigenvalue weighted by Crippen LogP contribution is -2.49. The van der Waals surface area contributed by atoms with Crippen molar-refractivity contribution in [3.63, 3.8) is 0 Å². The lowest BCUT2D eigenvalue weighted by atomic mass is 9.90. The van der Waals surface area contributed by atoms with E-state index in [1.807, 2.05) is 0 Å². The van der Waals surface area contributed by atoms with Crippen LogP contribution in [0.5, 0.6) is 0 Å². The fourth-order valence-electron chi connectivity index (χ4n) is 2.20. The molecule has 1 amide bonds. The first-order valence-electron chi connectivity index (χ1n) is 5.72. The summed E-state index contributed by atoms with van der Waals surface area (Å²) >= 11 is 1.42. The summed E-state index contributed by atoms with van der Waals surface area (Å²) in [6, 6.07) is 4.19. The van der Waals surface area contributed by atoms with E-state index in [0.29, 0.717) is 16.2 Å². The van der Waals surface area contributed by atoms with Gasteiger partial charge in [-0.05, 0) is 6.92 Å². The van der Waals surface area contributed by atoms with Crippen LogP contribution in [0.3, 0.4) is 0 Å². The number of carbonyl (C=O) groups excluding carboxylic acids is 1. The summed E-state index contributed by atoms with van der Waals surface area (Å²) < 4.78 is 0. The number of carbonyl (C=O) groups is 1. The van der Waals surface area contributed by atoms with Gasteiger partial charge in [0.2, 0.25) is 5.91 Å². The number of aliphatic imine (C=N–C) groups is 1. The van der Waals surface area contributed by atoms with Crippen LogP contribution in [-0.4, -0.2) is 35.1 Å². The van der Waals surface area contributed by atoms with E-state index in [1.165, 1.54) is 16.7 Å². The molecule has 0 bridgehead atoms. The van der Waals surface area contributed by atoms with Gasteiger partial charge in [0, 0.05) is 17.7 Å². The highest BCUT2D eigenvalue weighted by atomic mass is 32.2. The van der Waals surface area contributed by atoms with E-state index in [0.717, 1.165) is 0 Å². The quantitative estimate of drug-likeness (QED) is 0.753. The molecule has 0 aromatic carbocycles. The molecule has 0 radical (unpaired) electrons. The Morgan fingerprint density at radius 1 is 1.58 bits per heavy atom. The molecular formula is C12H13N5OS. The number of guanidine groups is 1. The van der Waals surface area contributed by atoms with Crippen LogP contribution in [0.25, 0.3) is 0 Å².